The smallest absolute Gasteiger partial charge is 0.170 e. The molecule has 0 spiro atoms. The van der Waals surface area contributed by atoms with Crippen LogP contribution in [0.1, 0.15) is 21.7 Å². The van der Waals surface area contributed by atoms with Gasteiger partial charge in [-0.3, -0.25) is 4.79 Å². The van der Waals surface area contributed by atoms with Crippen molar-refractivity contribution in [3.8, 4) is 0 Å². The first kappa shape index (κ1) is 10.4. The molecule has 0 radical (unpaired) electrons. The van der Waals surface area contributed by atoms with Crippen molar-refractivity contribution in [3.63, 3.8) is 0 Å². The Hall–Kier alpha value is -2.10. The summed E-state index contributed by atoms with van der Waals surface area (Å²) in [5.41, 5.74) is 7.91. The summed E-state index contributed by atoms with van der Waals surface area (Å²) in [5.74, 6) is 0.730. The number of H-pyrrole nitrogens is 1. The molecule has 0 bridgehead atoms. The number of nitrogens with zero attached hydrogens (tertiary/aromatic N) is 1. The lowest BCUT2D eigenvalue weighted by molar-refractivity contribution is 0.0990. The lowest BCUT2D eigenvalue weighted by Crippen LogP contribution is -2.07. The molecule has 0 saturated carbocycles. The predicted octanol–water partition coefficient (Wildman–Crippen LogP) is 1.73. The number of nitrogens with two attached hydrogens (primary N) is 1. The summed E-state index contributed by atoms with van der Waals surface area (Å²) in [6, 6.07) is 5.30. The molecular formula is C12H13N3O. The van der Waals surface area contributed by atoms with Gasteiger partial charge in [0.2, 0.25) is 0 Å². The van der Waals surface area contributed by atoms with Crippen LogP contribution in [-0.4, -0.2) is 15.8 Å². The number of aromatic amines is 1. The number of hydrogen-bond donors (Lipinski definition) is 2. The Morgan fingerprint density at radius 2 is 2.31 bits per heavy atom. The van der Waals surface area contributed by atoms with Crippen molar-refractivity contribution in [2.75, 3.05) is 5.73 Å². The fourth-order valence-corrected chi connectivity index (χ4v) is 1.64. The predicted molar refractivity (Wildman–Crippen MR) is 62.2 cm³/mol. The maximum absolute atomic E-state index is 11.9. The van der Waals surface area contributed by atoms with Gasteiger partial charge in [0.1, 0.15) is 5.82 Å². The quantitative estimate of drug-likeness (QED) is 0.605. The minimum atomic E-state index is 0.0486. The van der Waals surface area contributed by atoms with Gasteiger partial charge in [0, 0.05) is 23.6 Å². The molecule has 82 valence electrons. The molecule has 0 fully saturated rings. The van der Waals surface area contributed by atoms with Crippen LogP contribution in [0.25, 0.3) is 0 Å². The van der Waals surface area contributed by atoms with Crippen molar-refractivity contribution in [3.05, 3.63) is 47.5 Å². The topological polar surface area (TPSA) is 71.8 Å². The lowest BCUT2D eigenvalue weighted by atomic mass is 10.0. The lowest BCUT2D eigenvalue weighted by Gasteiger charge is -2.04. The summed E-state index contributed by atoms with van der Waals surface area (Å²) >= 11 is 0. The van der Waals surface area contributed by atoms with Gasteiger partial charge in [-0.15, -0.1) is 0 Å². The van der Waals surface area contributed by atoms with Crippen LogP contribution >= 0.6 is 0 Å². The van der Waals surface area contributed by atoms with Gasteiger partial charge in [-0.05, 0) is 30.7 Å². The molecule has 1 aromatic carbocycles. The van der Waals surface area contributed by atoms with Crippen molar-refractivity contribution in [2.45, 2.75) is 13.3 Å². The number of aryl methyl sites for hydroxylation is 1. The molecule has 16 heavy (non-hydrogen) atoms. The third-order valence-corrected chi connectivity index (χ3v) is 2.43. The monoisotopic (exact) mass is 215 g/mol. The maximum atomic E-state index is 11.9. The van der Waals surface area contributed by atoms with Crippen LogP contribution in [0, 0.1) is 6.92 Å². The summed E-state index contributed by atoms with van der Waals surface area (Å²) in [5, 5.41) is 0. The molecule has 4 nitrogen and oxygen atoms in total. The van der Waals surface area contributed by atoms with Gasteiger partial charge in [0.25, 0.3) is 0 Å². The molecule has 0 saturated heterocycles. The van der Waals surface area contributed by atoms with E-state index >= 15 is 0 Å². The van der Waals surface area contributed by atoms with Gasteiger partial charge in [-0.2, -0.15) is 0 Å². The Labute approximate surface area is 93.5 Å². The van der Waals surface area contributed by atoms with E-state index in [0.29, 0.717) is 17.1 Å². The third kappa shape index (κ3) is 2.11. The maximum Gasteiger partial charge on any atom is 0.170 e. The zero-order chi connectivity index (χ0) is 11.5. The number of aromatic nitrogens is 2. The van der Waals surface area contributed by atoms with Crippen LogP contribution in [0.5, 0.6) is 0 Å². The molecule has 0 amide bonds. The number of hydrogen-bond acceptors (Lipinski definition) is 3. The van der Waals surface area contributed by atoms with E-state index in [0.717, 1.165) is 5.56 Å². The van der Waals surface area contributed by atoms with Gasteiger partial charge >= 0.3 is 0 Å². The highest BCUT2D eigenvalue weighted by atomic mass is 16.1. The number of imidazole rings is 1. The second kappa shape index (κ2) is 4.18. The van der Waals surface area contributed by atoms with Crippen LogP contribution in [0.4, 0.5) is 5.69 Å². The van der Waals surface area contributed by atoms with E-state index in [1.165, 1.54) is 0 Å². The number of rotatable bonds is 3. The Balaban J connectivity index is 2.21. The largest absolute Gasteiger partial charge is 0.399 e. The van der Waals surface area contributed by atoms with Crippen molar-refractivity contribution in [1.29, 1.82) is 0 Å². The number of carbonyl (C=O) groups is 1. The van der Waals surface area contributed by atoms with E-state index < -0.39 is 0 Å². The van der Waals surface area contributed by atoms with Crippen molar-refractivity contribution in [1.82, 2.24) is 9.97 Å². The number of carbonyl (C=O) groups excluding carboxylic acids is 1. The first-order valence-corrected chi connectivity index (χ1v) is 5.04. The third-order valence-electron chi connectivity index (χ3n) is 2.43. The average Bonchev–Trinajstić information content (AvgIpc) is 2.70. The molecule has 0 unspecified atom stereocenters. The van der Waals surface area contributed by atoms with Crippen LogP contribution in [0.3, 0.4) is 0 Å². The number of ketones is 1. The Morgan fingerprint density at radius 3 is 2.94 bits per heavy atom. The number of benzene rings is 1. The highest BCUT2D eigenvalue weighted by Gasteiger charge is 2.10. The number of anilines is 1. The van der Waals surface area contributed by atoms with E-state index in [9.17, 15) is 4.79 Å². The molecule has 2 rings (SSSR count). The molecule has 3 N–H and O–H groups in total. The summed E-state index contributed by atoms with van der Waals surface area (Å²) in [6.45, 7) is 1.88. The highest BCUT2D eigenvalue weighted by Crippen LogP contribution is 2.14. The Kier molecular flexibility index (Phi) is 2.72. The zero-order valence-electron chi connectivity index (χ0n) is 9.03. The van der Waals surface area contributed by atoms with Crippen LogP contribution < -0.4 is 5.73 Å². The molecule has 0 aliphatic rings. The molecule has 0 atom stereocenters. The van der Waals surface area contributed by atoms with Gasteiger partial charge in [0.15, 0.2) is 5.78 Å². The summed E-state index contributed by atoms with van der Waals surface area (Å²) in [7, 11) is 0. The zero-order valence-corrected chi connectivity index (χ0v) is 9.03. The standard InChI is InChI=1S/C12H13N3O/c1-8-6-9(13)2-3-10(8)11(16)7-12-14-4-5-15-12/h2-6H,7,13H2,1H3,(H,14,15). The second-order valence-corrected chi connectivity index (χ2v) is 3.71. The van der Waals surface area contributed by atoms with Crippen LogP contribution in [0.15, 0.2) is 30.6 Å². The molecule has 2 aromatic rings. The summed E-state index contributed by atoms with van der Waals surface area (Å²) < 4.78 is 0. The molecule has 0 aliphatic heterocycles. The number of Topliss-reactive ketones (excluding diaryl/α,β-unsaturated/α-hetero) is 1. The molecule has 1 heterocycles. The van der Waals surface area contributed by atoms with Crippen molar-refractivity contribution in [2.24, 2.45) is 0 Å². The fraction of sp³-hybridized carbons (Fsp3) is 0.167. The van der Waals surface area contributed by atoms with E-state index in [4.69, 9.17) is 5.73 Å². The highest BCUT2D eigenvalue weighted by molar-refractivity contribution is 5.98. The molecular weight excluding hydrogens is 202 g/mol. The van der Waals surface area contributed by atoms with Crippen molar-refractivity contribution >= 4 is 11.5 Å². The first-order valence-electron chi connectivity index (χ1n) is 5.04. The second-order valence-electron chi connectivity index (χ2n) is 3.71. The van der Waals surface area contributed by atoms with E-state index in [1.54, 1.807) is 30.6 Å². The normalized spacial score (nSPS) is 10.3. The van der Waals surface area contributed by atoms with Gasteiger partial charge in [-0.25, -0.2) is 4.98 Å². The summed E-state index contributed by atoms with van der Waals surface area (Å²) in [6.07, 6.45) is 3.63. The van der Waals surface area contributed by atoms with E-state index in [-0.39, 0.29) is 12.2 Å². The SMILES string of the molecule is Cc1cc(N)ccc1C(=O)Cc1ncc[nH]1. The molecule has 0 aliphatic carbocycles. The minimum absolute atomic E-state index is 0.0486. The number of nitrogen functional groups attached to an aromatic ring is 1. The minimum Gasteiger partial charge on any atom is -0.399 e. The van der Waals surface area contributed by atoms with E-state index in [2.05, 4.69) is 9.97 Å². The summed E-state index contributed by atoms with van der Waals surface area (Å²) in [4.78, 5) is 18.9. The molecule has 1 aromatic heterocycles. The van der Waals surface area contributed by atoms with Gasteiger partial charge in [0.05, 0.1) is 6.42 Å². The number of nitrogens with one attached hydrogen (secondary N) is 1. The Morgan fingerprint density at radius 1 is 1.50 bits per heavy atom. The fourth-order valence-electron chi connectivity index (χ4n) is 1.64. The molecule has 4 heteroatoms. The van der Waals surface area contributed by atoms with Crippen molar-refractivity contribution < 1.29 is 4.79 Å². The van der Waals surface area contributed by atoms with Crippen LogP contribution in [-0.2, 0) is 6.42 Å². The van der Waals surface area contributed by atoms with Crippen LogP contribution in [0.2, 0.25) is 0 Å². The van der Waals surface area contributed by atoms with Gasteiger partial charge < -0.3 is 10.7 Å². The van der Waals surface area contributed by atoms with Gasteiger partial charge in [-0.1, -0.05) is 0 Å². The Bertz CT molecular complexity index is 503. The first-order chi connectivity index (χ1) is 7.66. The van der Waals surface area contributed by atoms with E-state index in [1.807, 2.05) is 6.92 Å². The average molecular weight is 215 g/mol.